The maximum atomic E-state index is 13.5. The average Bonchev–Trinajstić information content (AvgIpc) is 3.05. The van der Waals surface area contributed by atoms with Crippen LogP contribution in [0.15, 0.2) is 47.4 Å². The molecule has 2 saturated carbocycles. The number of nitrogens with two attached hydrogens (primary N) is 1. The molecule has 2 aliphatic carbocycles. The number of thioether (sulfide) groups is 1. The number of aliphatic hydroxyl groups excluding tert-OH is 1. The van der Waals surface area contributed by atoms with Gasteiger partial charge in [0.15, 0.2) is 5.70 Å². The molecule has 50 heavy (non-hydrogen) atoms. The number of nitrogens with one attached hydrogen (secondary N) is 2. The highest BCUT2D eigenvalue weighted by Gasteiger charge is 2.37. The maximum Gasteiger partial charge on any atom is 0.306 e. The highest BCUT2D eigenvalue weighted by Crippen LogP contribution is 2.46. The molecule has 2 bridgehead atoms. The van der Waals surface area contributed by atoms with Gasteiger partial charge in [0.1, 0.15) is 34.1 Å². The van der Waals surface area contributed by atoms with E-state index in [2.05, 4.69) is 37.4 Å². The van der Waals surface area contributed by atoms with Crippen molar-refractivity contribution >= 4 is 40.7 Å². The molecule has 0 heterocycles. The third kappa shape index (κ3) is 11.3. The molecule has 0 radical (unpaired) electrons. The van der Waals surface area contributed by atoms with Gasteiger partial charge in [-0.25, -0.2) is 0 Å². The third-order valence-electron chi connectivity index (χ3n) is 9.58. The molecule has 2 unspecified atom stereocenters. The minimum Gasteiger partial charge on any atom is -0.496 e. The molecule has 0 spiro atoms. The second-order valence-corrected chi connectivity index (χ2v) is 16.4. The molecule has 9 nitrogen and oxygen atoms in total. The second kappa shape index (κ2) is 18.2. The molecule has 2 aromatic rings. The monoisotopic (exact) mass is 708 g/mol. The van der Waals surface area contributed by atoms with E-state index in [9.17, 15) is 14.7 Å². The summed E-state index contributed by atoms with van der Waals surface area (Å²) in [7, 11) is 3.20. The summed E-state index contributed by atoms with van der Waals surface area (Å²) in [5, 5.41) is 23.2. The van der Waals surface area contributed by atoms with Gasteiger partial charge in [0.25, 0.3) is 5.91 Å². The maximum absolute atomic E-state index is 13.5. The van der Waals surface area contributed by atoms with Crippen molar-refractivity contribution in [2.24, 2.45) is 23.7 Å². The fraction of sp³-hybridized carbons (Fsp3) is 0.575. The number of ether oxygens (including phenoxy) is 3. The summed E-state index contributed by atoms with van der Waals surface area (Å²) >= 11 is 1.72. The van der Waals surface area contributed by atoms with Gasteiger partial charge in [-0.15, -0.1) is 11.8 Å². The molecule has 10 heteroatoms. The molecule has 2 aliphatic rings. The van der Waals surface area contributed by atoms with E-state index >= 15 is 0 Å². The number of quaternary nitrogens is 1. The topological polar surface area (TPSA) is 135 Å². The first-order valence-corrected chi connectivity index (χ1v) is 19.0. The van der Waals surface area contributed by atoms with Gasteiger partial charge in [0.05, 0.1) is 14.2 Å². The van der Waals surface area contributed by atoms with Gasteiger partial charge in [-0.1, -0.05) is 19.9 Å². The number of benzene rings is 2. The molecule has 274 valence electrons. The lowest BCUT2D eigenvalue weighted by Gasteiger charge is -2.42. The van der Waals surface area contributed by atoms with Gasteiger partial charge in [0.2, 0.25) is 0 Å². The van der Waals surface area contributed by atoms with Crippen LogP contribution in [-0.4, -0.2) is 61.4 Å². The van der Waals surface area contributed by atoms with Crippen LogP contribution in [0.3, 0.4) is 0 Å². The predicted molar refractivity (Wildman–Crippen MR) is 200 cm³/mol. The summed E-state index contributed by atoms with van der Waals surface area (Å²) < 4.78 is 17.1. The molecule has 5 N–H and O–H groups in total. The van der Waals surface area contributed by atoms with Crippen LogP contribution in [0.4, 0.5) is 5.69 Å². The normalized spacial score (nSPS) is 20.7. The van der Waals surface area contributed by atoms with Crippen LogP contribution in [0.2, 0.25) is 0 Å². The lowest BCUT2D eigenvalue weighted by Crippen LogP contribution is -2.75. The zero-order chi connectivity index (χ0) is 36.4. The van der Waals surface area contributed by atoms with Gasteiger partial charge >= 0.3 is 5.97 Å². The Morgan fingerprint density at radius 1 is 1.02 bits per heavy atom. The van der Waals surface area contributed by atoms with Crippen LogP contribution in [0.1, 0.15) is 96.6 Å². The quantitative estimate of drug-likeness (QED) is 0.0493. The number of rotatable bonds is 16. The van der Waals surface area contributed by atoms with E-state index in [4.69, 9.17) is 19.6 Å². The molecule has 1 amide bonds. The summed E-state index contributed by atoms with van der Waals surface area (Å²) in [5.41, 5.74) is 2.84. The number of amides is 1. The standard InChI is InChI=1S/C40H57N3O6S/c1-25(2)31-22-30(50-15-9-14-44)12-13-33(31)43-34(38-35(47-6)10-8-11-36(38)48-7)23-32(41)39(46)42-24-29-19-26-16-27(20-29)18-28(17-26)21-37(45)49-40(3,4)5/h8,10-13,22-23,25-29,41,43-44H,9,14-21,24H2,1-7H3,(H,42,46)/p+1/b34-23-,41-32?. The highest BCUT2D eigenvalue weighted by atomic mass is 32.2. The van der Waals surface area contributed by atoms with Crippen molar-refractivity contribution in [3.8, 4) is 11.5 Å². The zero-order valence-electron chi connectivity index (χ0n) is 31.0. The molecule has 4 rings (SSSR count). The van der Waals surface area contributed by atoms with Crippen LogP contribution in [0.25, 0.3) is 5.70 Å². The zero-order valence-corrected chi connectivity index (χ0v) is 31.8. The van der Waals surface area contributed by atoms with Crippen molar-refractivity contribution in [2.75, 3.05) is 33.1 Å². The number of hydrogen-bond donors (Lipinski definition) is 4. The van der Waals surface area contributed by atoms with E-state index in [1.807, 2.05) is 44.3 Å². The SMILES string of the molecule is COc1cccc(OC)c1/C(=C/C(=N)C(=O)NCC1CC2CC(CC(=O)OC(C)(C)C)CC(C1)C2)[NH2+]c1ccc(SCCCO)cc1C(C)C. The number of hydrogen-bond acceptors (Lipinski definition) is 8. The van der Waals surface area contributed by atoms with E-state index in [1.165, 1.54) is 6.42 Å². The summed E-state index contributed by atoms with van der Waals surface area (Å²) in [5.74, 6) is 3.52. The largest absolute Gasteiger partial charge is 0.496 e. The number of carbonyl (C=O) groups is 2. The number of esters is 1. The molecule has 0 aliphatic heterocycles. The second-order valence-electron chi connectivity index (χ2n) is 15.2. The van der Waals surface area contributed by atoms with Gasteiger partial charge in [-0.3, -0.25) is 20.3 Å². The molecule has 0 saturated heterocycles. The Morgan fingerprint density at radius 3 is 2.24 bits per heavy atom. The van der Waals surface area contributed by atoms with Gasteiger partial charge < -0.3 is 24.6 Å². The van der Waals surface area contributed by atoms with Gasteiger partial charge in [0, 0.05) is 47.9 Å². The minimum absolute atomic E-state index is 0.106. The first-order valence-electron chi connectivity index (χ1n) is 18.0. The van der Waals surface area contributed by atoms with E-state index in [0.717, 1.165) is 54.0 Å². The Balaban J connectivity index is 1.48. The van der Waals surface area contributed by atoms with E-state index in [0.29, 0.717) is 59.4 Å². The third-order valence-corrected chi connectivity index (χ3v) is 10.7. The van der Waals surface area contributed by atoms with Crippen LogP contribution < -0.4 is 20.1 Å². The fourth-order valence-electron chi connectivity index (χ4n) is 7.65. The van der Waals surface area contributed by atoms with Gasteiger partial charge in [-0.2, -0.15) is 0 Å². The summed E-state index contributed by atoms with van der Waals surface area (Å²) in [6.07, 6.45) is 8.12. The van der Waals surface area contributed by atoms with Crippen molar-refractivity contribution in [1.29, 1.82) is 5.41 Å². The number of methoxy groups -OCH3 is 2. The average molecular weight is 709 g/mol. The van der Waals surface area contributed by atoms with E-state index in [1.54, 1.807) is 32.1 Å². The first-order chi connectivity index (χ1) is 23.8. The van der Waals surface area contributed by atoms with E-state index < -0.39 is 11.5 Å². The molecular formula is C40H58N3O6S+. The predicted octanol–water partition coefficient (Wildman–Crippen LogP) is 6.85. The van der Waals surface area contributed by atoms with Crippen LogP contribution in [0.5, 0.6) is 11.5 Å². The lowest BCUT2D eigenvalue weighted by atomic mass is 9.64. The Bertz CT molecular complexity index is 1480. The Labute approximate surface area is 302 Å². The minimum atomic E-state index is -0.463. The smallest absolute Gasteiger partial charge is 0.306 e. The molecule has 2 aromatic carbocycles. The van der Waals surface area contributed by atoms with Crippen LogP contribution in [0, 0.1) is 29.1 Å². The molecular weight excluding hydrogens is 651 g/mol. The summed E-state index contributed by atoms with van der Waals surface area (Å²) in [6, 6.07) is 11.9. The van der Waals surface area contributed by atoms with Gasteiger partial charge in [-0.05, 0) is 113 Å². The molecule has 0 aromatic heterocycles. The summed E-state index contributed by atoms with van der Waals surface area (Å²) in [6.45, 7) is 10.7. The molecule has 2 fully saturated rings. The Hall–Kier alpha value is -3.34. The van der Waals surface area contributed by atoms with E-state index in [-0.39, 0.29) is 24.2 Å². The number of aliphatic hydroxyl groups is 1. The Kier molecular flexibility index (Phi) is 14.4. The van der Waals surface area contributed by atoms with Crippen molar-refractivity contribution in [1.82, 2.24) is 5.32 Å². The van der Waals surface area contributed by atoms with Crippen molar-refractivity contribution < 1.29 is 34.2 Å². The lowest BCUT2D eigenvalue weighted by molar-refractivity contribution is -0.469. The summed E-state index contributed by atoms with van der Waals surface area (Å²) in [4.78, 5) is 27.1. The van der Waals surface area contributed by atoms with Crippen LogP contribution >= 0.6 is 11.8 Å². The van der Waals surface area contributed by atoms with Crippen molar-refractivity contribution in [3.05, 3.63) is 53.6 Å². The molecule has 2 atom stereocenters. The number of fused-ring (bicyclic) bond motifs is 2. The van der Waals surface area contributed by atoms with Crippen molar-refractivity contribution in [2.45, 2.75) is 96.0 Å². The first kappa shape index (κ1) is 39.4. The fourth-order valence-corrected chi connectivity index (χ4v) is 8.53. The van der Waals surface area contributed by atoms with Crippen LogP contribution in [-0.2, 0) is 14.3 Å². The Morgan fingerprint density at radius 2 is 1.66 bits per heavy atom. The highest BCUT2D eigenvalue weighted by molar-refractivity contribution is 7.99. The number of carbonyl (C=O) groups excluding carboxylic acids is 2. The van der Waals surface area contributed by atoms with Crippen molar-refractivity contribution in [3.63, 3.8) is 0 Å².